The van der Waals surface area contributed by atoms with E-state index in [1.165, 1.54) is 13.2 Å². The number of H-pyrrole nitrogens is 1. The second-order valence-corrected chi connectivity index (χ2v) is 9.28. The second kappa shape index (κ2) is 11.1. The van der Waals surface area contributed by atoms with Crippen LogP contribution >= 0.6 is 11.6 Å². The number of methoxy groups -OCH3 is 1. The summed E-state index contributed by atoms with van der Waals surface area (Å²) in [6.07, 6.45) is 5.42. The van der Waals surface area contributed by atoms with E-state index in [2.05, 4.69) is 15.2 Å². The van der Waals surface area contributed by atoms with Gasteiger partial charge in [0.05, 0.1) is 41.7 Å². The summed E-state index contributed by atoms with van der Waals surface area (Å²) in [5.74, 6) is 0.747. The van der Waals surface area contributed by atoms with Gasteiger partial charge in [0.2, 0.25) is 0 Å². The summed E-state index contributed by atoms with van der Waals surface area (Å²) >= 11 is 6.08. The average molecular weight is 490 g/mol. The molecule has 4 N–H and O–H groups in total. The van der Waals surface area contributed by atoms with E-state index in [1.54, 1.807) is 18.5 Å². The fourth-order valence-electron chi connectivity index (χ4n) is 4.61. The van der Waals surface area contributed by atoms with E-state index in [0.29, 0.717) is 41.1 Å². The number of aromatic nitrogens is 1. The van der Waals surface area contributed by atoms with Gasteiger partial charge in [-0.1, -0.05) is 11.6 Å². The van der Waals surface area contributed by atoms with Crippen LogP contribution in [0.5, 0.6) is 5.75 Å². The highest BCUT2D eigenvalue weighted by Gasteiger charge is 2.28. The number of morpholine rings is 1. The lowest BCUT2D eigenvalue weighted by atomic mass is 9.95. The highest BCUT2D eigenvalue weighted by atomic mass is 35.5. The quantitative estimate of drug-likeness (QED) is 0.514. The molecule has 4 rings (SSSR count). The number of hydrogen-bond donors (Lipinski definition) is 3. The first-order valence-corrected chi connectivity index (χ1v) is 12.0. The molecular formula is C24H32ClN5O4. The number of nitrogens with zero attached hydrogens (tertiary/aromatic N) is 2. The van der Waals surface area contributed by atoms with Crippen molar-refractivity contribution in [3.8, 4) is 5.75 Å². The molecule has 2 amide bonds. The van der Waals surface area contributed by atoms with Gasteiger partial charge in [0.15, 0.2) is 0 Å². The van der Waals surface area contributed by atoms with Crippen LogP contribution in [0.25, 0.3) is 0 Å². The zero-order valence-electron chi connectivity index (χ0n) is 19.4. The zero-order chi connectivity index (χ0) is 24.1. The third-order valence-corrected chi connectivity index (χ3v) is 6.87. The molecule has 2 fully saturated rings. The minimum absolute atomic E-state index is 0.0943. The van der Waals surface area contributed by atoms with Crippen molar-refractivity contribution in [2.75, 3.05) is 58.7 Å². The van der Waals surface area contributed by atoms with Crippen LogP contribution in [0.3, 0.4) is 0 Å². The summed E-state index contributed by atoms with van der Waals surface area (Å²) in [6.45, 7) is 5.18. The Morgan fingerprint density at radius 1 is 1.29 bits per heavy atom. The van der Waals surface area contributed by atoms with Gasteiger partial charge in [0.25, 0.3) is 11.8 Å². The van der Waals surface area contributed by atoms with Crippen molar-refractivity contribution < 1.29 is 19.1 Å². The molecule has 1 atom stereocenters. The first-order valence-electron chi connectivity index (χ1n) is 11.6. The molecule has 10 heteroatoms. The van der Waals surface area contributed by atoms with Crippen molar-refractivity contribution in [3.05, 3.63) is 46.7 Å². The minimum atomic E-state index is -0.279. The molecule has 0 bridgehead atoms. The largest absolute Gasteiger partial charge is 0.496 e. The number of carbonyl (C=O) groups is 2. The van der Waals surface area contributed by atoms with Gasteiger partial charge in [-0.3, -0.25) is 14.5 Å². The average Bonchev–Trinajstić information content (AvgIpc) is 3.39. The van der Waals surface area contributed by atoms with Crippen molar-refractivity contribution in [1.82, 2.24) is 20.1 Å². The Morgan fingerprint density at radius 3 is 2.79 bits per heavy atom. The van der Waals surface area contributed by atoms with Gasteiger partial charge < -0.3 is 30.4 Å². The lowest BCUT2D eigenvalue weighted by Crippen LogP contribution is -2.50. The van der Waals surface area contributed by atoms with Gasteiger partial charge in [-0.2, -0.15) is 0 Å². The van der Waals surface area contributed by atoms with Gasteiger partial charge in [-0.05, 0) is 30.9 Å². The molecule has 2 aromatic rings. The number of anilines is 1. The fraction of sp³-hybridized carbons (Fsp3) is 0.500. The van der Waals surface area contributed by atoms with Crippen molar-refractivity contribution in [2.24, 2.45) is 5.92 Å². The maximum atomic E-state index is 12.7. The van der Waals surface area contributed by atoms with Crippen LogP contribution in [0.15, 0.2) is 30.6 Å². The van der Waals surface area contributed by atoms with Crippen LogP contribution in [0.4, 0.5) is 5.69 Å². The van der Waals surface area contributed by atoms with Crippen molar-refractivity contribution >= 4 is 29.1 Å². The predicted octanol–water partition coefficient (Wildman–Crippen LogP) is 2.24. The predicted molar refractivity (Wildman–Crippen MR) is 130 cm³/mol. The molecule has 2 saturated heterocycles. The van der Waals surface area contributed by atoms with E-state index in [1.807, 2.05) is 11.0 Å². The minimum Gasteiger partial charge on any atom is -0.496 e. The topological polar surface area (TPSA) is 113 Å². The molecule has 0 radical (unpaired) electrons. The monoisotopic (exact) mass is 489 g/mol. The molecule has 0 spiro atoms. The maximum Gasteiger partial charge on any atom is 0.255 e. The Bertz CT molecular complexity index is 991. The van der Waals surface area contributed by atoms with E-state index >= 15 is 0 Å². The molecule has 0 aliphatic carbocycles. The fourth-order valence-corrected chi connectivity index (χ4v) is 4.77. The van der Waals surface area contributed by atoms with Crippen molar-refractivity contribution in [1.29, 1.82) is 0 Å². The summed E-state index contributed by atoms with van der Waals surface area (Å²) in [7, 11) is 1.49. The molecule has 34 heavy (non-hydrogen) atoms. The van der Waals surface area contributed by atoms with Crippen molar-refractivity contribution in [3.63, 3.8) is 0 Å². The maximum absolute atomic E-state index is 12.7. The van der Waals surface area contributed by atoms with Crippen LogP contribution < -0.4 is 15.8 Å². The summed E-state index contributed by atoms with van der Waals surface area (Å²) in [4.78, 5) is 32.5. The number of amides is 2. The molecule has 2 aliphatic heterocycles. The number of hydrogen-bond acceptors (Lipinski definition) is 6. The van der Waals surface area contributed by atoms with Crippen molar-refractivity contribution in [2.45, 2.75) is 18.9 Å². The number of nitrogens with one attached hydrogen (secondary N) is 2. The molecule has 2 aliphatic rings. The summed E-state index contributed by atoms with van der Waals surface area (Å²) in [6, 6.07) is 4.89. The highest BCUT2D eigenvalue weighted by molar-refractivity contribution is 6.33. The van der Waals surface area contributed by atoms with Gasteiger partial charge in [-0.25, -0.2) is 0 Å². The molecule has 0 saturated carbocycles. The number of piperidine rings is 1. The molecule has 1 aromatic carbocycles. The first-order chi connectivity index (χ1) is 16.4. The van der Waals surface area contributed by atoms with E-state index in [0.717, 1.165) is 51.1 Å². The van der Waals surface area contributed by atoms with E-state index < -0.39 is 0 Å². The van der Waals surface area contributed by atoms with Crippen LogP contribution in [0.2, 0.25) is 5.02 Å². The summed E-state index contributed by atoms with van der Waals surface area (Å²) < 4.78 is 11.2. The lowest BCUT2D eigenvalue weighted by Gasteiger charge is -2.38. The highest BCUT2D eigenvalue weighted by Crippen LogP contribution is 2.29. The number of likely N-dealkylation sites (tertiary alicyclic amines) is 1. The van der Waals surface area contributed by atoms with Crippen LogP contribution in [0, 0.1) is 5.92 Å². The molecule has 9 nitrogen and oxygen atoms in total. The van der Waals surface area contributed by atoms with Gasteiger partial charge in [0.1, 0.15) is 5.75 Å². The van der Waals surface area contributed by atoms with Gasteiger partial charge in [0, 0.05) is 57.7 Å². The Morgan fingerprint density at radius 2 is 2.09 bits per heavy atom. The number of nitrogens with two attached hydrogens (primary N) is 1. The number of benzene rings is 1. The molecule has 1 aromatic heterocycles. The third-order valence-electron chi connectivity index (χ3n) is 6.54. The lowest BCUT2D eigenvalue weighted by molar-refractivity contribution is -0.0332. The van der Waals surface area contributed by atoms with E-state index in [4.69, 9.17) is 26.8 Å². The number of rotatable bonds is 7. The van der Waals surface area contributed by atoms with Gasteiger partial charge in [-0.15, -0.1) is 0 Å². The Hall–Kier alpha value is -2.75. The Kier molecular flexibility index (Phi) is 7.97. The summed E-state index contributed by atoms with van der Waals surface area (Å²) in [5, 5.41) is 3.24. The van der Waals surface area contributed by atoms with Crippen LogP contribution in [-0.4, -0.2) is 85.7 Å². The molecule has 1 unspecified atom stereocenters. The van der Waals surface area contributed by atoms with E-state index in [-0.39, 0.29) is 17.9 Å². The number of aromatic amines is 1. The first kappa shape index (κ1) is 24.4. The number of carbonyl (C=O) groups excluding carboxylic acids is 2. The number of halogens is 1. The standard InChI is InChI=1S/C24H32ClN5O4/c1-33-22-11-21(26)20(25)10-19(22)23(31)28-13-18-15-29(8-9-34-18)14-16-3-6-30(7-4-16)24(32)17-2-5-27-12-17/h2,5,10-12,16,18,27H,3-4,6-9,13-15,26H2,1H3,(H,28,31). The molecule has 3 heterocycles. The van der Waals surface area contributed by atoms with Crippen LogP contribution in [0.1, 0.15) is 33.6 Å². The smallest absolute Gasteiger partial charge is 0.255 e. The van der Waals surface area contributed by atoms with Gasteiger partial charge >= 0.3 is 0 Å². The molecule has 184 valence electrons. The SMILES string of the molecule is COc1cc(N)c(Cl)cc1C(=O)NCC1CN(CC2CCN(C(=O)c3cc[nH]c3)CC2)CCO1. The summed E-state index contributed by atoms with van der Waals surface area (Å²) in [5.41, 5.74) is 7.23. The molecular weight excluding hydrogens is 458 g/mol. The van der Waals surface area contributed by atoms with E-state index in [9.17, 15) is 9.59 Å². The Labute approximate surface area is 204 Å². The third kappa shape index (κ3) is 5.84. The normalized spacial score (nSPS) is 19.7. The van der Waals surface area contributed by atoms with Crippen LogP contribution in [-0.2, 0) is 4.74 Å². The number of ether oxygens (including phenoxy) is 2. The second-order valence-electron chi connectivity index (χ2n) is 8.87. The number of nitrogen functional groups attached to an aromatic ring is 1. The Balaban J connectivity index is 1.23. The zero-order valence-corrected chi connectivity index (χ0v) is 20.1.